The Hall–Kier alpha value is -0.390. The highest BCUT2D eigenvalue weighted by Gasteiger charge is 2.10. The molecule has 1 aromatic heterocycles. The summed E-state index contributed by atoms with van der Waals surface area (Å²) in [6.45, 7) is 0. The van der Waals surface area contributed by atoms with Crippen molar-refractivity contribution in [1.29, 1.82) is 0 Å². The Balaban J connectivity index is 2.33. The molecule has 1 N–H and O–H groups in total. The molecule has 0 saturated carbocycles. The quantitative estimate of drug-likeness (QED) is 0.829. The molecule has 0 radical (unpaired) electrons. The predicted molar refractivity (Wildman–Crippen MR) is 58.4 cm³/mol. The zero-order valence-corrected chi connectivity index (χ0v) is 9.64. The van der Waals surface area contributed by atoms with E-state index in [4.69, 9.17) is 0 Å². The highest BCUT2D eigenvalue weighted by molar-refractivity contribution is 7.90. The summed E-state index contributed by atoms with van der Waals surface area (Å²) in [4.78, 5) is 0. The fourth-order valence-electron chi connectivity index (χ4n) is 1.13. The lowest BCUT2D eigenvalue weighted by Crippen LogP contribution is -2.15. The van der Waals surface area contributed by atoms with E-state index in [-0.39, 0.29) is 5.75 Å². The van der Waals surface area contributed by atoms with E-state index in [2.05, 4.69) is 0 Å². The van der Waals surface area contributed by atoms with Crippen LogP contribution in [0, 0.1) is 0 Å². The summed E-state index contributed by atoms with van der Waals surface area (Å²) in [5.74, 6) is 0.0539. The Bertz CT molecular complexity index is 353. The lowest BCUT2D eigenvalue weighted by atomic mass is 10.1. The van der Waals surface area contributed by atoms with Crippen molar-refractivity contribution in [3.05, 3.63) is 22.4 Å². The third-order valence-electron chi connectivity index (χ3n) is 1.87. The van der Waals surface area contributed by atoms with E-state index in [0.717, 1.165) is 5.56 Å². The van der Waals surface area contributed by atoms with Gasteiger partial charge < -0.3 is 5.11 Å². The van der Waals surface area contributed by atoms with E-state index < -0.39 is 15.9 Å². The Morgan fingerprint density at radius 2 is 2.29 bits per heavy atom. The third kappa shape index (κ3) is 4.74. The zero-order valence-electron chi connectivity index (χ0n) is 8.01. The van der Waals surface area contributed by atoms with E-state index in [1.807, 2.05) is 16.8 Å². The van der Waals surface area contributed by atoms with Crippen LogP contribution in [0.2, 0.25) is 0 Å². The molecule has 5 heteroatoms. The average molecular weight is 234 g/mol. The molecular weight excluding hydrogens is 220 g/mol. The lowest BCUT2D eigenvalue weighted by Gasteiger charge is -2.07. The van der Waals surface area contributed by atoms with Crippen LogP contribution in [0.4, 0.5) is 0 Å². The molecular formula is C9H14O3S2. The minimum atomic E-state index is -2.96. The average Bonchev–Trinajstić information content (AvgIpc) is 2.52. The van der Waals surface area contributed by atoms with Gasteiger partial charge in [-0.05, 0) is 35.2 Å². The van der Waals surface area contributed by atoms with Gasteiger partial charge in [-0.1, -0.05) is 0 Å². The Morgan fingerprint density at radius 3 is 2.79 bits per heavy atom. The molecule has 0 aliphatic rings. The van der Waals surface area contributed by atoms with Gasteiger partial charge in [-0.3, -0.25) is 0 Å². The SMILES string of the molecule is CS(=O)(=O)CCC(O)Cc1ccsc1. The van der Waals surface area contributed by atoms with Gasteiger partial charge in [0.05, 0.1) is 11.9 Å². The second kappa shape index (κ2) is 4.91. The molecule has 80 valence electrons. The lowest BCUT2D eigenvalue weighted by molar-refractivity contribution is 0.171. The fourth-order valence-corrected chi connectivity index (χ4v) is 2.51. The van der Waals surface area contributed by atoms with E-state index in [1.54, 1.807) is 11.3 Å². The fraction of sp³-hybridized carbons (Fsp3) is 0.556. The van der Waals surface area contributed by atoms with Gasteiger partial charge >= 0.3 is 0 Å². The molecule has 0 aliphatic carbocycles. The number of hydrogen-bond donors (Lipinski definition) is 1. The molecule has 14 heavy (non-hydrogen) atoms. The number of thiophene rings is 1. The first-order valence-corrected chi connectivity index (χ1v) is 7.34. The van der Waals surface area contributed by atoms with Gasteiger partial charge in [0.25, 0.3) is 0 Å². The molecule has 1 unspecified atom stereocenters. The van der Waals surface area contributed by atoms with E-state index in [9.17, 15) is 13.5 Å². The van der Waals surface area contributed by atoms with Crippen LogP contribution in [0.5, 0.6) is 0 Å². The zero-order chi connectivity index (χ0) is 10.6. The maximum atomic E-state index is 10.8. The van der Waals surface area contributed by atoms with Crippen LogP contribution in [0.15, 0.2) is 16.8 Å². The van der Waals surface area contributed by atoms with Crippen LogP contribution in [0.3, 0.4) is 0 Å². The molecule has 1 aromatic rings. The molecule has 3 nitrogen and oxygen atoms in total. The van der Waals surface area contributed by atoms with Crippen molar-refractivity contribution in [2.75, 3.05) is 12.0 Å². The van der Waals surface area contributed by atoms with Crippen molar-refractivity contribution >= 4 is 21.2 Å². The first-order valence-electron chi connectivity index (χ1n) is 4.34. The van der Waals surface area contributed by atoms with Crippen LogP contribution in [0.1, 0.15) is 12.0 Å². The minimum absolute atomic E-state index is 0.0539. The van der Waals surface area contributed by atoms with Crippen LogP contribution < -0.4 is 0 Å². The Morgan fingerprint density at radius 1 is 1.57 bits per heavy atom. The predicted octanol–water partition coefficient (Wildman–Crippen LogP) is 1.09. The van der Waals surface area contributed by atoms with Crippen molar-refractivity contribution in [2.45, 2.75) is 18.9 Å². The molecule has 0 aliphatic heterocycles. The van der Waals surface area contributed by atoms with E-state index in [0.29, 0.717) is 12.8 Å². The highest BCUT2D eigenvalue weighted by atomic mass is 32.2. The molecule has 0 fully saturated rings. The summed E-state index contributed by atoms with van der Waals surface area (Å²) in [6, 6.07) is 1.94. The topological polar surface area (TPSA) is 54.4 Å². The molecule has 1 rings (SSSR count). The van der Waals surface area contributed by atoms with Gasteiger partial charge in [0.2, 0.25) is 0 Å². The number of rotatable bonds is 5. The standard InChI is InChI=1S/C9H14O3S2/c1-14(11,12)5-3-9(10)6-8-2-4-13-7-8/h2,4,7,9-10H,3,5-6H2,1H3. The largest absolute Gasteiger partial charge is 0.393 e. The van der Waals surface area contributed by atoms with Crippen molar-refractivity contribution < 1.29 is 13.5 Å². The first-order chi connectivity index (χ1) is 6.47. The molecule has 1 atom stereocenters. The second-order valence-corrected chi connectivity index (χ2v) is 6.45. The summed E-state index contributed by atoms with van der Waals surface area (Å²) < 4.78 is 21.7. The monoisotopic (exact) mass is 234 g/mol. The summed E-state index contributed by atoms with van der Waals surface area (Å²) in [5.41, 5.74) is 1.07. The summed E-state index contributed by atoms with van der Waals surface area (Å²) in [6.07, 6.45) is 1.48. The van der Waals surface area contributed by atoms with Crippen LogP contribution in [-0.2, 0) is 16.3 Å². The third-order valence-corrected chi connectivity index (χ3v) is 3.58. The maximum absolute atomic E-state index is 10.8. The van der Waals surface area contributed by atoms with Crippen LogP contribution in [-0.4, -0.2) is 31.6 Å². The highest BCUT2D eigenvalue weighted by Crippen LogP contribution is 2.10. The van der Waals surface area contributed by atoms with Crippen LogP contribution >= 0.6 is 11.3 Å². The smallest absolute Gasteiger partial charge is 0.147 e. The number of aliphatic hydroxyl groups is 1. The first kappa shape index (κ1) is 11.7. The molecule has 0 aromatic carbocycles. The van der Waals surface area contributed by atoms with Gasteiger partial charge in [-0.25, -0.2) is 8.42 Å². The van der Waals surface area contributed by atoms with Crippen molar-refractivity contribution in [1.82, 2.24) is 0 Å². The molecule has 0 bridgehead atoms. The normalized spacial score (nSPS) is 14.1. The second-order valence-electron chi connectivity index (χ2n) is 3.41. The molecule has 1 heterocycles. The van der Waals surface area contributed by atoms with Gasteiger partial charge in [-0.15, -0.1) is 0 Å². The summed E-state index contributed by atoms with van der Waals surface area (Å²) in [5, 5.41) is 13.4. The molecule has 0 spiro atoms. The van der Waals surface area contributed by atoms with Gasteiger partial charge in [0.15, 0.2) is 0 Å². The molecule has 0 saturated heterocycles. The Labute approximate surface area is 88.3 Å². The maximum Gasteiger partial charge on any atom is 0.147 e. The van der Waals surface area contributed by atoms with Gasteiger partial charge in [0.1, 0.15) is 9.84 Å². The summed E-state index contributed by atoms with van der Waals surface area (Å²) in [7, 11) is -2.96. The van der Waals surface area contributed by atoms with Crippen LogP contribution in [0.25, 0.3) is 0 Å². The minimum Gasteiger partial charge on any atom is -0.393 e. The van der Waals surface area contributed by atoms with Crippen molar-refractivity contribution in [3.63, 3.8) is 0 Å². The number of aliphatic hydroxyl groups excluding tert-OH is 1. The van der Waals surface area contributed by atoms with E-state index in [1.165, 1.54) is 6.26 Å². The van der Waals surface area contributed by atoms with Gasteiger partial charge in [-0.2, -0.15) is 11.3 Å². The van der Waals surface area contributed by atoms with E-state index >= 15 is 0 Å². The van der Waals surface area contributed by atoms with Crippen molar-refractivity contribution in [2.24, 2.45) is 0 Å². The summed E-state index contributed by atoms with van der Waals surface area (Å²) >= 11 is 1.58. The molecule has 0 amide bonds. The number of hydrogen-bond acceptors (Lipinski definition) is 4. The Kier molecular flexibility index (Phi) is 4.10. The van der Waals surface area contributed by atoms with Gasteiger partial charge in [0, 0.05) is 6.26 Å². The van der Waals surface area contributed by atoms with Crippen molar-refractivity contribution in [3.8, 4) is 0 Å². The number of sulfone groups is 1.